The quantitative estimate of drug-likeness (QED) is 0.0203. The third-order valence-electron chi connectivity index (χ3n) is 17.9. The van der Waals surface area contributed by atoms with Crippen molar-refractivity contribution in [2.45, 2.75) is 221 Å². The van der Waals surface area contributed by atoms with Crippen molar-refractivity contribution >= 4 is 64.4 Å². The first-order valence-corrected chi connectivity index (χ1v) is 37.5. The molecule has 0 aromatic heterocycles. The normalized spacial score (nSPS) is 42.1. The molecular weight excluding hydrogens is 1400 g/mol. The Hall–Kier alpha value is -0.190. The second kappa shape index (κ2) is 42.2. The van der Waals surface area contributed by atoms with Gasteiger partial charge in [-0.1, -0.05) is 12.8 Å². The summed E-state index contributed by atoms with van der Waals surface area (Å²) in [5.74, 6) is 1.75. The van der Waals surface area contributed by atoms with Crippen molar-refractivity contribution in [2.24, 2.45) is 11.3 Å². The van der Waals surface area contributed by atoms with Gasteiger partial charge < -0.3 is 170 Å². The third kappa shape index (κ3) is 23.2. The van der Waals surface area contributed by atoms with E-state index >= 15 is 0 Å². The minimum Gasteiger partial charge on any atom is -0.394 e. The fourth-order valence-electron chi connectivity index (χ4n) is 12.1. The Balaban J connectivity index is 0.974. The average molecular weight is 1500 g/mol. The van der Waals surface area contributed by atoms with E-state index < -0.39 is 208 Å². The van der Waals surface area contributed by atoms with E-state index in [1.807, 2.05) is 0 Å². The molecule has 0 radical (unpaired) electrons. The summed E-state index contributed by atoms with van der Waals surface area (Å²) >= 11 is 10.7. The maximum absolute atomic E-state index is 11.2. The van der Waals surface area contributed by atoms with Crippen molar-refractivity contribution in [1.29, 1.82) is 0 Å². The Bertz CT molecular complexity index is 2120. The summed E-state index contributed by atoms with van der Waals surface area (Å²) in [6.07, 6.45) is -33.4. The van der Waals surface area contributed by atoms with Gasteiger partial charge in [-0.3, -0.25) is 0 Å². The molecule has 8 aliphatic rings. The highest BCUT2D eigenvalue weighted by molar-refractivity contribution is 8.00. The number of ether oxygens (including phenoxy) is 12. The molecule has 2 bridgehead atoms. The van der Waals surface area contributed by atoms with E-state index in [9.17, 15) is 102 Å². The highest BCUT2D eigenvalue weighted by atomic mass is 32.2. The molecule has 8 rings (SSSR count). The maximum Gasteiger partial charge on any atom is 0.187 e. The monoisotopic (exact) mass is 1500 g/mol. The van der Waals surface area contributed by atoms with Gasteiger partial charge >= 0.3 is 0 Å². The van der Waals surface area contributed by atoms with Crippen LogP contribution < -0.4 is 10.6 Å². The van der Waals surface area contributed by atoms with Gasteiger partial charge in [0, 0.05) is 56.9 Å². The molecule has 8 fully saturated rings. The first-order chi connectivity index (χ1) is 46.5. The molecule has 22 N–H and O–H groups in total. The minimum atomic E-state index is -1.83. The van der Waals surface area contributed by atoms with Gasteiger partial charge in [-0.25, -0.2) is 0 Å². The van der Waals surface area contributed by atoms with E-state index in [0.29, 0.717) is 56.1 Å². The molecule has 8 saturated heterocycles. The van der Waals surface area contributed by atoms with Gasteiger partial charge in [0.15, 0.2) is 24.0 Å². The molecule has 0 spiro atoms. The molecule has 0 aromatic rings. The van der Waals surface area contributed by atoms with Crippen LogP contribution in [0.3, 0.4) is 0 Å². The lowest BCUT2D eigenvalue weighted by molar-refractivity contribution is -0.338. The summed E-state index contributed by atoms with van der Waals surface area (Å²) in [6, 6.07) is 0. The van der Waals surface area contributed by atoms with E-state index in [0.717, 1.165) is 54.5 Å². The van der Waals surface area contributed by atoms with Crippen molar-refractivity contribution < 1.29 is 159 Å². The summed E-state index contributed by atoms with van der Waals surface area (Å²) in [6.45, 7) is -2.19. The van der Waals surface area contributed by atoms with Crippen LogP contribution in [-0.2, 0) is 56.8 Å². The zero-order valence-corrected chi connectivity index (χ0v) is 57.7. The number of hydrogen-bond acceptors (Lipinski definition) is 37. The van der Waals surface area contributed by atoms with Crippen LogP contribution in [-0.4, -0.2) is 404 Å². The lowest BCUT2D eigenvalue weighted by Crippen LogP contribution is -2.64. The predicted molar refractivity (Wildman–Crippen MR) is 347 cm³/mol. The van der Waals surface area contributed by atoms with Gasteiger partial charge in [-0.15, -0.1) is 35.3 Å². The largest absolute Gasteiger partial charge is 0.394 e. The summed E-state index contributed by atoms with van der Waals surface area (Å²) in [5.41, 5.74) is -4.18. The molecule has 0 amide bonds. The third-order valence-corrected chi connectivity index (χ3v) is 23.0. The molecule has 8 heterocycles. The van der Waals surface area contributed by atoms with Crippen LogP contribution in [0.4, 0.5) is 0 Å². The first kappa shape index (κ1) is 84.1. The van der Waals surface area contributed by atoms with E-state index in [1.165, 1.54) is 0 Å². The van der Waals surface area contributed by atoms with E-state index in [1.54, 1.807) is 11.8 Å². The molecule has 30 atom stereocenters. The number of aliphatic hydroxyl groups excluding tert-OH is 20. The summed E-state index contributed by atoms with van der Waals surface area (Å²) in [7, 11) is 0. The van der Waals surface area contributed by atoms with Crippen molar-refractivity contribution in [3.8, 4) is 0 Å². The van der Waals surface area contributed by atoms with Gasteiger partial charge in [0.2, 0.25) is 0 Å². The van der Waals surface area contributed by atoms with Crippen molar-refractivity contribution in [3.05, 3.63) is 0 Å². The van der Waals surface area contributed by atoms with E-state index in [2.05, 4.69) is 10.6 Å². The van der Waals surface area contributed by atoms with Crippen LogP contribution in [0, 0.1) is 11.3 Å². The zero-order chi connectivity index (χ0) is 70.5. The fourth-order valence-corrected chi connectivity index (χ4v) is 16.5. The standard InChI is InChI=1S/C58H104N2O32S5/c61-17-28-35(67)38(70)44(76)52(85-28)91-49-31(20-64)89-55(47(79)41(49)73)96-14-5-10-82-25-58(24-81-9-4-13-95-54-46(78)40(72)37(69)30(19-63)88-54,23-60-57(93)59-8-16-94-22-33-27-7-2-1-3-12-84-51(87-33)43(75)34(27)66)26-83-11-6-15-97-56-48(80)42(74)50(32(21-65)90-56)92-53-45(77)39(71)36(68)29(18-62)86-53/h27-56,61-80H,1-26H2,(H2,59,60,93)/t27?,28?,29?,30?,31?,32?,33?,34?,35-,36-,37-,38-,39-,40-,41+,42+,43?,44?,45?,46?,47?,48?,49-,50-,51+,52-,53-,54-,55-,56-,58?/m0/s1. The van der Waals surface area contributed by atoms with Gasteiger partial charge in [0.25, 0.3) is 0 Å². The van der Waals surface area contributed by atoms with Crippen LogP contribution in [0.1, 0.15) is 44.9 Å². The Morgan fingerprint density at radius 2 is 0.845 bits per heavy atom. The minimum absolute atomic E-state index is 0.00426. The number of hydrogen-bond donors (Lipinski definition) is 22. The summed E-state index contributed by atoms with van der Waals surface area (Å²) < 4.78 is 70.8. The molecule has 568 valence electrons. The lowest BCUT2D eigenvalue weighted by atomic mass is 9.85. The maximum atomic E-state index is 11.2. The Labute approximate surface area is 584 Å². The number of aliphatic hydroxyl groups is 20. The number of nitrogens with one attached hydrogen (secondary N) is 2. The van der Waals surface area contributed by atoms with Crippen LogP contribution >= 0.6 is 59.3 Å². The SMILES string of the molecule is OCC1O[C@@H](O[C@H]2C(CO)O[C@@H](SCCCOCC(CNC(=S)NCCSCC3O[C@H]4OCCCCCC3C(O)C4O)(COCCCS[C@@H]3OC(CO)[C@H](O)[C@H](O)C3O)COCCCS[C@@H]3OC(CO)[C@H](O[C@@H]4OC(CO)[C@H](O)[C@H](O)C4O)[C@H](O)C3O)C(O)[C@H]2O)C(O)[C@@H](O)[C@H]1O. The van der Waals surface area contributed by atoms with Crippen molar-refractivity contribution in [3.63, 3.8) is 0 Å². The molecule has 39 heteroatoms. The molecule has 34 nitrogen and oxygen atoms in total. The number of thioether (sulfide) groups is 4. The van der Waals surface area contributed by atoms with Crippen molar-refractivity contribution in [1.82, 2.24) is 10.6 Å². The van der Waals surface area contributed by atoms with Crippen molar-refractivity contribution in [2.75, 3.05) is 121 Å². The topological polar surface area (TPSA) is 539 Å². The second-order valence-electron chi connectivity index (χ2n) is 25.1. The molecule has 97 heavy (non-hydrogen) atoms. The molecular formula is C58H104N2O32S5. The highest BCUT2D eigenvalue weighted by Crippen LogP contribution is 2.38. The Kier molecular flexibility index (Phi) is 36.6. The van der Waals surface area contributed by atoms with Crippen LogP contribution in [0.2, 0.25) is 0 Å². The van der Waals surface area contributed by atoms with E-state index in [-0.39, 0.29) is 74.8 Å². The predicted octanol–water partition coefficient (Wildman–Crippen LogP) is -8.71. The number of rotatable bonds is 37. The summed E-state index contributed by atoms with van der Waals surface area (Å²) in [4.78, 5) is 0. The van der Waals surface area contributed by atoms with Crippen LogP contribution in [0.5, 0.6) is 0 Å². The number of thiocarbonyl (C=S) groups is 1. The Morgan fingerprint density at radius 1 is 0.423 bits per heavy atom. The highest BCUT2D eigenvalue weighted by Gasteiger charge is 2.53. The number of fused-ring (bicyclic) bond motifs is 7. The molecule has 0 aromatic carbocycles. The lowest BCUT2D eigenvalue weighted by Gasteiger charge is -2.46. The molecule has 0 aliphatic carbocycles. The van der Waals surface area contributed by atoms with Gasteiger partial charge in [0.05, 0.1) is 70.5 Å². The fraction of sp³-hybridized carbons (Fsp3) is 0.983. The zero-order valence-electron chi connectivity index (χ0n) is 53.6. The van der Waals surface area contributed by atoms with E-state index in [4.69, 9.17) is 69.1 Å². The molecule has 0 saturated carbocycles. The van der Waals surface area contributed by atoms with Gasteiger partial charge in [-0.2, -0.15) is 11.8 Å². The second-order valence-corrected chi connectivity index (χ2v) is 30.3. The van der Waals surface area contributed by atoms with Gasteiger partial charge in [0.1, 0.15) is 144 Å². The van der Waals surface area contributed by atoms with Crippen LogP contribution in [0.25, 0.3) is 0 Å². The smallest absolute Gasteiger partial charge is 0.187 e. The average Bonchev–Trinajstić information content (AvgIpc) is 0.876. The van der Waals surface area contributed by atoms with Gasteiger partial charge in [-0.05, 0) is 61.6 Å². The molecule has 14 unspecified atom stereocenters. The Morgan fingerprint density at radius 3 is 1.30 bits per heavy atom. The molecule has 8 aliphatic heterocycles. The van der Waals surface area contributed by atoms with Crippen LogP contribution in [0.15, 0.2) is 0 Å². The summed E-state index contributed by atoms with van der Waals surface area (Å²) in [5, 5.41) is 216. The first-order valence-electron chi connectivity index (χ1n) is 32.8.